The zero-order valence-corrected chi connectivity index (χ0v) is 7.59. The van der Waals surface area contributed by atoms with Gasteiger partial charge in [0.05, 0.1) is 6.61 Å². The summed E-state index contributed by atoms with van der Waals surface area (Å²) in [6.45, 7) is -0.0188. The normalized spacial score (nSPS) is 10.1. The van der Waals surface area contributed by atoms with Gasteiger partial charge < -0.3 is 5.11 Å². The van der Waals surface area contributed by atoms with Crippen molar-refractivity contribution in [2.75, 3.05) is 0 Å². The van der Waals surface area contributed by atoms with Gasteiger partial charge in [0.15, 0.2) is 5.82 Å². The lowest BCUT2D eigenvalue weighted by Gasteiger charge is -1.99. The number of aromatic nitrogens is 2. The molecule has 3 nitrogen and oxygen atoms in total. The molecule has 0 spiro atoms. The topological polar surface area (TPSA) is 46.0 Å². The van der Waals surface area contributed by atoms with Crippen LogP contribution in [0.15, 0.2) is 42.7 Å². The molecule has 0 amide bonds. The minimum Gasteiger partial charge on any atom is -0.392 e. The van der Waals surface area contributed by atoms with Crippen LogP contribution in [0.1, 0.15) is 5.56 Å². The fourth-order valence-corrected chi connectivity index (χ4v) is 1.17. The Hall–Kier alpha value is -1.74. The largest absolute Gasteiger partial charge is 0.392 e. The molecule has 2 rings (SSSR count). The first kappa shape index (κ1) is 8.84. The van der Waals surface area contributed by atoms with Crippen molar-refractivity contribution in [2.24, 2.45) is 0 Å². The van der Waals surface area contributed by atoms with Crippen molar-refractivity contribution in [1.29, 1.82) is 0 Å². The molecule has 0 fully saturated rings. The molecule has 0 aliphatic heterocycles. The van der Waals surface area contributed by atoms with Gasteiger partial charge in [0, 0.05) is 23.5 Å². The number of aliphatic hydroxyl groups is 1. The first-order valence-electron chi connectivity index (χ1n) is 4.37. The molecule has 1 N–H and O–H groups in total. The van der Waals surface area contributed by atoms with Gasteiger partial charge in [-0.05, 0) is 0 Å². The van der Waals surface area contributed by atoms with Crippen LogP contribution in [0, 0.1) is 0 Å². The van der Waals surface area contributed by atoms with Crippen LogP contribution in [0.25, 0.3) is 11.4 Å². The van der Waals surface area contributed by atoms with Crippen LogP contribution in [0.5, 0.6) is 0 Å². The van der Waals surface area contributed by atoms with Crippen molar-refractivity contribution >= 4 is 0 Å². The highest BCUT2D eigenvalue weighted by Crippen LogP contribution is 2.12. The second kappa shape index (κ2) is 3.98. The van der Waals surface area contributed by atoms with E-state index in [2.05, 4.69) is 9.97 Å². The number of benzene rings is 1. The lowest BCUT2D eigenvalue weighted by Crippen LogP contribution is -1.91. The molecule has 0 saturated heterocycles. The monoisotopic (exact) mass is 186 g/mol. The van der Waals surface area contributed by atoms with E-state index in [0.717, 1.165) is 11.1 Å². The Morgan fingerprint density at radius 2 is 1.64 bits per heavy atom. The third-order valence-electron chi connectivity index (χ3n) is 1.92. The molecular formula is C11H10N2O. The summed E-state index contributed by atoms with van der Waals surface area (Å²) < 4.78 is 0. The summed E-state index contributed by atoms with van der Waals surface area (Å²) in [5.74, 6) is 0.683. The third kappa shape index (κ3) is 1.78. The summed E-state index contributed by atoms with van der Waals surface area (Å²) in [5, 5.41) is 8.82. The Morgan fingerprint density at radius 1 is 1.00 bits per heavy atom. The summed E-state index contributed by atoms with van der Waals surface area (Å²) in [5.41, 5.74) is 1.71. The quantitative estimate of drug-likeness (QED) is 0.775. The maximum atomic E-state index is 8.82. The molecule has 0 bridgehead atoms. The van der Waals surface area contributed by atoms with E-state index in [-0.39, 0.29) is 6.61 Å². The average Bonchev–Trinajstić information content (AvgIpc) is 2.30. The average molecular weight is 186 g/mol. The van der Waals surface area contributed by atoms with Gasteiger partial charge in [-0.1, -0.05) is 30.3 Å². The first-order valence-corrected chi connectivity index (χ1v) is 4.37. The SMILES string of the molecule is OCc1cnc(-c2ccccc2)nc1. The highest BCUT2D eigenvalue weighted by atomic mass is 16.3. The third-order valence-corrected chi connectivity index (χ3v) is 1.92. The molecule has 2 aromatic rings. The minimum absolute atomic E-state index is 0.0188. The number of aliphatic hydroxyl groups excluding tert-OH is 1. The molecule has 0 atom stereocenters. The van der Waals surface area contributed by atoms with E-state index in [1.165, 1.54) is 0 Å². The summed E-state index contributed by atoms with van der Waals surface area (Å²) in [7, 11) is 0. The number of hydrogen-bond acceptors (Lipinski definition) is 3. The second-order valence-corrected chi connectivity index (χ2v) is 2.94. The van der Waals surface area contributed by atoms with Crippen LogP contribution in [0.3, 0.4) is 0 Å². The molecule has 0 saturated carbocycles. The van der Waals surface area contributed by atoms with Crippen molar-refractivity contribution in [3.8, 4) is 11.4 Å². The predicted octanol–water partition coefficient (Wildman–Crippen LogP) is 1.64. The first-order chi connectivity index (χ1) is 6.90. The van der Waals surface area contributed by atoms with Gasteiger partial charge in [0.2, 0.25) is 0 Å². The Labute approximate surface area is 82.1 Å². The molecule has 0 aliphatic rings. The maximum absolute atomic E-state index is 8.82. The maximum Gasteiger partial charge on any atom is 0.159 e. The summed E-state index contributed by atoms with van der Waals surface area (Å²) in [6, 6.07) is 9.74. The van der Waals surface area contributed by atoms with Gasteiger partial charge in [-0.25, -0.2) is 9.97 Å². The lowest BCUT2D eigenvalue weighted by molar-refractivity contribution is 0.281. The van der Waals surface area contributed by atoms with E-state index in [4.69, 9.17) is 5.11 Å². The Bertz CT molecular complexity index is 397. The van der Waals surface area contributed by atoms with Crippen molar-refractivity contribution < 1.29 is 5.11 Å². The van der Waals surface area contributed by atoms with E-state index in [9.17, 15) is 0 Å². The van der Waals surface area contributed by atoms with Gasteiger partial charge in [0.1, 0.15) is 0 Å². The fourth-order valence-electron chi connectivity index (χ4n) is 1.17. The van der Waals surface area contributed by atoms with Gasteiger partial charge in [-0.3, -0.25) is 0 Å². The van der Waals surface area contributed by atoms with Crippen LogP contribution < -0.4 is 0 Å². The zero-order valence-electron chi connectivity index (χ0n) is 7.59. The van der Waals surface area contributed by atoms with Crippen molar-refractivity contribution in [1.82, 2.24) is 9.97 Å². The molecule has 14 heavy (non-hydrogen) atoms. The molecule has 0 aliphatic carbocycles. The number of nitrogens with zero attached hydrogens (tertiary/aromatic N) is 2. The standard InChI is InChI=1S/C11H10N2O/c14-8-9-6-12-11(13-7-9)10-4-2-1-3-5-10/h1-7,14H,8H2. The van der Waals surface area contributed by atoms with Crippen LogP contribution in [0.4, 0.5) is 0 Å². The summed E-state index contributed by atoms with van der Waals surface area (Å²) in [4.78, 5) is 8.30. The summed E-state index contributed by atoms with van der Waals surface area (Å²) in [6.07, 6.45) is 3.27. The van der Waals surface area contributed by atoms with E-state index >= 15 is 0 Å². The van der Waals surface area contributed by atoms with Crippen molar-refractivity contribution in [3.05, 3.63) is 48.3 Å². The van der Waals surface area contributed by atoms with Crippen molar-refractivity contribution in [3.63, 3.8) is 0 Å². The minimum atomic E-state index is -0.0188. The van der Waals surface area contributed by atoms with Crippen LogP contribution >= 0.6 is 0 Å². The van der Waals surface area contributed by atoms with Gasteiger partial charge in [-0.15, -0.1) is 0 Å². The lowest BCUT2D eigenvalue weighted by atomic mass is 10.2. The van der Waals surface area contributed by atoms with Crippen LogP contribution in [-0.4, -0.2) is 15.1 Å². The van der Waals surface area contributed by atoms with E-state index < -0.39 is 0 Å². The Balaban J connectivity index is 2.34. The number of hydrogen-bond donors (Lipinski definition) is 1. The molecule has 70 valence electrons. The highest BCUT2D eigenvalue weighted by Gasteiger charge is 1.98. The van der Waals surface area contributed by atoms with Gasteiger partial charge in [-0.2, -0.15) is 0 Å². The zero-order chi connectivity index (χ0) is 9.80. The molecule has 1 aromatic heterocycles. The Morgan fingerprint density at radius 3 is 2.21 bits per heavy atom. The fraction of sp³-hybridized carbons (Fsp3) is 0.0909. The van der Waals surface area contributed by atoms with Gasteiger partial charge >= 0.3 is 0 Å². The van der Waals surface area contributed by atoms with E-state index in [1.54, 1.807) is 12.4 Å². The predicted molar refractivity (Wildman–Crippen MR) is 53.4 cm³/mol. The van der Waals surface area contributed by atoms with Crippen molar-refractivity contribution in [2.45, 2.75) is 6.61 Å². The smallest absolute Gasteiger partial charge is 0.159 e. The molecule has 1 heterocycles. The van der Waals surface area contributed by atoms with Crippen LogP contribution in [-0.2, 0) is 6.61 Å². The molecule has 0 radical (unpaired) electrons. The molecule has 0 unspecified atom stereocenters. The molecule has 3 heteroatoms. The number of rotatable bonds is 2. The second-order valence-electron chi connectivity index (χ2n) is 2.94. The van der Waals surface area contributed by atoms with Gasteiger partial charge in [0.25, 0.3) is 0 Å². The van der Waals surface area contributed by atoms with E-state index in [1.807, 2.05) is 30.3 Å². The molecule has 1 aromatic carbocycles. The summed E-state index contributed by atoms with van der Waals surface area (Å²) >= 11 is 0. The highest BCUT2D eigenvalue weighted by molar-refractivity contribution is 5.53. The van der Waals surface area contributed by atoms with Crippen LogP contribution in [0.2, 0.25) is 0 Å². The Kier molecular flexibility index (Phi) is 2.51. The molecular weight excluding hydrogens is 176 g/mol. The van der Waals surface area contributed by atoms with E-state index in [0.29, 0.717) is 5.82 Å².